The van der Waals surface area contributed by atoms with Crippen LogP contribution in [0.2, 0.25) is 0 Å². The van der Waals surface area contributed by atoms with Crippen LogP contribution >= 0.6 is 11.3 Å². The highest BCUT2D eigenvalue weighted by atomic mass is 32.2. The predicted octanol–water partition coefficient (Wildman–Crippen LogP) is 4.32. The van der Waals surface area contributed by atoms with Crippen molar-refractivity contribution < 1.29 is 17.9 Å². The molecule has 2 saturated heterocycles. The van der Waals surface area contributed by atoms with Crippen LogP contribution in [-0.4, -0.2) is 81.0 Å². The van der Waals surface area contributed by atoms with E-state index >= 15 is 0 Å². The number of amides is 1. The van der Waals surface area contributed by atoms with Crippen molar-refractivity contribution in [3.63, 3.8) is 0 Å². The van der Waals surface area contributed by atoms with E-state index in [1.165, 1.54) is 9.87 Å². The van der Waals surface area contributed by atoms with Crippen LogP contribution in [0.15, 0.2) is 47.4 Å². The number of ether oxygens (including phenoxy) is 1. The van der Waals surface area contributed by atoms with Gasteiger partial charge in [0.15, 0.2) is 5.13 Å². The summed E-state index contributed by atoms with van der Waals surface area (Å²) in [6, 6.07) is 13.2. The molecule has 0 spiro atoms. The van der Waals surface area contributed by atoms with Crippen molar-refractivity contribution >= 4 is 42.6 Å². The maximum atomic E-state index is 14.0. The van der Waals surface area contributed by atoms with Gasteiger partial charge in [0.2, 0.25) is 15.9 Å². The molecule has 39 heavy (non-hydrogen) atoms. The molecule has 210 valence electrons. The van der Waals surface area contributed by atoms with Gasteiger partial charge in [0.1, 0.15) is 0 Å². The Kier molecular flexibility index (Phi) is 8.98. The Morgan fingerprint density at radius 2 is 1.79 bits per heavy atom. The number of carbonyl (C=O) groups excluding carboxylic acids is 1. The summed E-state index contributed by atoms with van der Waals surface area (Å²) in [5, 5.41) is 0.743. The monoisotopic (exact) mass is 570 g/mol. The summed E-state index contributed by atoms with van der Waals surface area (Å²) in [4.78, 5) is 23.5. The normalized spacial score (nSPS) is 18.0. The molecule has 2 fully saturated rings. The first-order valence-electron chi connectivity index (χ1n) is 13.9. The van der Waals surface area contributed by atoms with Crippen LogP contribution in [0.25, 0.3) is 10.2 Å². The Balaban J connectivity index is 1.31. The van der Waals surface area contributed by atoms with Crippen molar-refractivity contribution in [1.82, 2.24) is 14.2 Å². The molecular weight excluding hydrogens is 532 g/mol. The van der Waals surface area contributed by atoms with Gasteiger partial charge in [0, 0.05) is 45.2 Å². The quantitative estimate of drug-likeness (QED) is 0.381. The number of nitrogens with zero attached hydrogens (tertiary/aromatic N) is 4. The third-order valence-corrected chi connectivity index (χ3v) is 10.7. The lowest BCUT2D eigenvalue weighted by Gasteiger charge is -2.33. The van der Waals surface area contributed by atoms with Crippen molar-refractivity contribution in [2.75, 3.05) is 57.4 Å². The smallest absolute Gasteiger partial charge is 0.243 e. The number of benzene rings is 2. The number of morpholine rings is 1. The van der Waals surface area contributed by atoms with Crippen LogP contribution < -0.4 is 4.90 Å². The van der Waals surface area contributed by atoms with Gasteiger partial charge in [-0.05, 0) is 56.4 Å². The highest BCUT2D eigenvalue weighted by Crippen LogP contribution is 2.33. The minimum atomic E-state index is -3.57. The summed E-state index contributed by atoms with van der Waals surface area (Å²) in [5.74, 6) is -0.169. The van der Waals surface area contributed by atoms with Crippen molar-refractivity contribution in [2.45, 2.75) is 44.4 Å². The highest BCUT2D eigenvalue weighted by molar-refractivity contribution is 7.89. The lowest BCUT2D eigenvalue weighted by Crippen LogP contribution is -2.45. The predicted molar refractivity (Wildman–Crippen MR) is 156 cm³/mol. The van der Waals surface area contributed by atoms with Crippen LogP contribution in [0.5, 0.6) is 0 Å². The average Bonchev–Trinajstić information content (AvgIpc) is 3.40. The van der Waals surface area contributed by atoms with Crippen LogP contribution in [0.3, 0.4) is 0 Å². The zero-order valence-corrected chi connectivity index (χ0v) is 24.5. The standard InChI is InChI=1S/C29H38N4O4S2/c1-3-23-6-4-7-26-27(23)30-29(38-26)33(15-5-14-31-18-20-37-21-19-31)28(34)24-12-16-32(17-13-24)39(35,36)25-10-8-22(2)9-11-25/h4,6-11,24H,3,5,12-21H2,1-2H3. The number of para-hydroxylation sites is 1. The second-order valence-corrected chi connectivity index (χ2v) is 13.3. The summed E-state index contributed by atoms with van der Waals surface area (Å²) in [7, 11) is -3.57. The molecule has 0 bridgehead atoms. The molecule has 0 radical (unpaired) electrons. The van der Waals surface area contributed by atoms with Crippen molar-refractivity contribution in [3.05, 3.63) is 53.6 Å². The average molecular weight is 571 g/mol. The maximum Gasteiger partial charge on any atom is 0.243 e. The molecule has 0 aliphatic carbocycles. The largest absolute Gasteiger partial charge is 0.379 e. The van der Waals surface area contributed by atoms with Crippen molar-refractivity contribution in [1.29, 1.82) is 0 Å². The zero-order valence-electron chi connectivity index (χ0n) is 22.8. The molecule has 0 atom stereocenters. The number of anilines is 1. The SMILES string of the molecule is CCc1cccc2sc(N(CCCN3CCOCC3)C(=O)C3CCN(S(=O)(=O)c4ccc(C)cc4)CC3)nc12. The molecule has 8 nitrogen and oxygen atoms in total. The second kappa shape index (κ2) is 12.4. The van der Waals surface area contributed by atoms with Crippen molar-refractivity contribution in [2.24, 2.45) is 5.92 Å². The maximum absolute atomic E-state index is 14.0. The summed E-state index contributed by atoms with van der Waals surface area (Å²) in [5.41, 5.74) is 3.18. The van der Waals surface area contributed by atoms with E-state index < -0.39 is 10.0 Å². The van der Waals surface area contributed by atoms with Gasteiger partial charge in [0.25, 0.3) is 0 Å². The van der Waals surface area contributed by atoms with Crippen LogP contribution in [0.1, 0.15) is 37.3 Å². The Labute approximate surface area is 235 Å². The zero-order chi connectivity index (χ0) is 27.4. The number of carbonyl (C=O) groups is 1. The van der Waals surface area contributed by atoms with Gasteiger partial charge in [-0.3, -0.25) is 14.6 Å². The van der Waals surface area contributed by atoms with E-state index in [0.29, 0.717) is 37.4 Å². The molecule has 5 rings (SSSR count). The third-order valence-electron chi connectivity index (χ3n) is 7.79. The van der Waals surface area contributed by atoms with Gasteiger partial charge >= 0.3 is 0 Å². The number of rotatable bonds is 9. The van der Waals surface area contributed by atoms with Gasteiger partial charge in [0.05, 0.1) is 28.3 Å². The molecule has 0 unspecified atom stereocenters. The van der Waals surface area contributed by atoms with E-state index in [0.717, 1.165) is 66.6 Å². The molecule has 3 aromatic rings. The molecule has 3 heterocycles. The molecule has 0 N–H and O–H groups in total. The number of aryl methyl sites for hydroxylation is 2. The number of piperidine rings is 1. The summed E-state index contributed by atoms with van der Waals surface area (Å²) in [6.45, 7) is 9.60. The first-order chi connectivity index (χ1) is 18.9. The summed E-state index contributed by atoms with van der Waals surface area (Å²) in [6.07, 6.45) is 2.76. The molecular formula is C29H38N4O4S2. The molecule has 2 aliphatic heterocycles. The van der Waals surface area contributed by atoms with E-state index in [-0.39, 0.29) is 11.8 Å². The molecule has 1 amide bonds. The van der Waals surface area contributed by atoms with E-state index in [4.69, 9.17) is 9.72 Å². The van der Waals surface area contributed by atoms with Gasteiger partial charge in [-0.15, -0.1) is 0 Å². The molecule has 1 aromatic heterocycles. The highest BCUT2D eigenvalue weighted by Gasteiger charge is 2.35. The number of thiazole rings is 1. The number of hydrogen-bond donors (Lipinski definition) is 0. The van der Waals surface area contributed by atoms with Crippen molar-refractivity contribution in [3.8, 4) is 0 Å². The van der Waals surface area contributed by atoms with Gasteiger partial charge in [-0.2, -0.15) is 4.31 Å². The Morgan fingerprint density at radius 1 is 1.08 bits per heavy atom. The van der Waals surface area contributed by atoms with Crippen LogP contribution in [0.4, 0.5) is 5.13 Å². The Bertz CT molecular complexity index is 1380. The third kappa shape index (κ3) is 6.36. The number of fused-ring (bicyclic) bond motifs is 1. The molecule has 2 aromatic carbocycles. The Morgan fingerprint density at radius 3 is 2.49 bits per heavy atom. The van der Waals surface area contributed by atoms with E-state index in [1.54, 1.807) is 23.5 Å². The van der Waals surface area contributed by atoms with Crippen LogP contribution in [0, 0.1) is 12.8 Å². The fraction of sp³-hybridized carbons (Fsp3) is 0.517. The van der Waals surface area contributed by atoms with E-state index in [9.17, 15) is 13.2 Å². The summed E-state index contributed by atoms with van der Waals surface area (Å²) >= 11 is 1.57. The van der Waals surface area contributed by atoms with Gasteiger partial charge < -0.3 is 4.74 Å². The molecule has 0 saturated carbocycles. The minimum absolute atomic E-state index is 0.0569. The second-order valence-electron chi connectivity index (χ2n) is 10.4. The molecule has 2 aliphatic rings. The van der Waals surface area contributed by atoms with E-state index in [2.05, 4.69) is 30.0 Å². The Hall–Kier alpha value is -2.37. The van der Waals surface area contributed by atoms with Gasteiger partial charge in [-0.1, -0.05) is 48.1 Å². The fourth-order valence-electron chi connectivity index (χ4n) is 5.39. The summed E-state index contributed by atoms with van der Waals surface area (Å²) < 4.78 is 34.5. The number of sulfonamides is 1. The number of hydrogen-bond acceptors (Lipinski definition) is 7. The van der Waals surface area contributed by atoms with Crippen LogP contribution in [-0.2, 0) is 26.0 Å². The molecule has 10 heteroatoms. The van der Waals surface area contributed by atoms with Gasteiger partial charge in [-0.25, -0.2) is 13.4 Å². The minimum Gasteiger partial charge on any atom is -0.379 e. The fourth-order valence-corrected chi connectivity index (χ4v) is 7.91. The van der Waals surface area contributed by atoms with E-state index in [1.807, 2.05) is 24.0 Å². The topological polar surface area (TPSA) is 83.0 Å². The lowest BCUT2D eigenvalue weighted by atomic mass is 9.96. The lowest BCUT2D eigenvalue weighted by molar-refractivity contribution is -0.123. The first-order valence-corrected chi connectivity index (χ1v) is 16.2. The number of aromatic nitrogens is 1. The first kappa shape index (κ1) is 28.2.